The average molecular weight is 401 g/mol. The Balaban J connectivity index is -0.000000230. The Morgan fingerprint density at radius 2 is 0.435 bits per heavy atom. The van der Waals surface area contributed by atoms with E-state index in [2.05, 4.69) is 23.6 Å². The van der Waals surface area contributed by atoms with Gasteiger partial charge >= 0.3 is 13.4 Å². The van der Waals surface area contributed by atoms with E-state index in [0.717, 1.165) is 0 Å². The van der Waals surface area contributed by atoms with Crippen molar-refractivity contribution in [1.82, 2.24) is 6.15 Å². The minimum Gasteiger partial charge on any atom is -0.344 e. The van der Waals surface area contributed by atoms with Crippen molar-refractivity contribution < 1.29 is 29.4 Å². The van der Waals surface area contributed by atoms with E-state index in [1.165, 1.54) is 0 Å². The van der Waals surface area contributed by atoms with Gasteiger partial charge in [-0.05, 0) is 23.6 Å². The third kappa shape index (κ3) is 61.9. The molecule has 2 aromatic carbocycles. The Hall–Kier alpha value is -0.540. The second-order valence-electron chi connectivity index (χ2n) is 3.34. The molecule has 132 valence electrons. The number of hydrogen-bond acceptors (Lipinski definition) is 3. The zero-order chi connectivity index (χ0) is 17.5. The maximum atomic E-state index is 7.56. The molecule has 0 aromatic heterocycles. The zero-order valence-electron chi connectivity index (χ0n) is 12.0. The van der Waals surface area contributed by atoms with Crippen molar-refractivity contribution in [2.45, 2.75) is 0 Å². The lowest BCUT2D eigenvalue weighted by Gasteiger charge is -1.88. The largest absolute Gasteiger partial charge is 0.344 e. The highest BCUT2D eigenvalue weighted by Gasteiger charge is 1.92. The van der Waals surface area contributed by atoms with Crippen molar-refractivity contribution in [3.8, 4) is 0 Å². The van der Waals surface area contributed by atoms with Crippen LogP contribution in [0.2, 0.25) is 0 Å². The van der Waals surface area contributed by atoms with Crippen LogP contribution in [0.25, 0.3) is 0 Å². The van der Waals surface area contributed by atoms with Crippen molar-refractivity contribution in [1.29, 1.82) is 0 Å². The predicted octanol–water partition coefficient (Wildman–Crippen LogP) is 1.91. The van der Waals surface area contributed by atoms with Crippen LogP contribution in [0, 0.1) is 0 Å². The van der Waals surface area contributed by atoms with E-state index in [9.17, 15) is 0 Å². The van der Waals surface area contributed by atoms with Crippen LogP contribution in [-0.4, -0.2) is 29.4 Å². The Morgan fingerprint density at radius 3 is 0.478 bits per heavy atom. The van der Waals surface area contributed by atoms with E-state index in [1.807, 2.05) is 72.8 Å². The van der Waals surface area contributed by atoms with Gasteiger partial charge < -0.3 is 35.5 Å². The maximum absolute atomic E-state index is 7.56. The molecule has 0 bridgehead atoms. The first-order valence-electron chi connectivity index (χ1n) is 5.57. The van der Waals surface area contributed by atoms with Gasteiger partial charge in [-0.15, -0.1) is 0 Å². The lowest BCUT2D eigenvalue weighted by molar-refractivity contribution is 0.361. The average Bonchev–Trinajstić information content (AvgIpc) is 2.40. The highest BCUT2D eigenvalue weighted by atomic mass is 32.5. The van der Waals surface area contributed by atoms with E-state index in [-0.39, 0.29) is 6.15 Å². The molecule has 0 saturated carbocycles. The second-order valence-corrected chi connectivity index (χ2v) is 8.33. The molecule has 7 nitrogen and oxygen atoms in total. The molecular formula is C12H21NO6P2S2. The van der Waals surface area contributed by atoms with Crippen molar-refractivity contribution >= 4 is 37.1 Å². The summed E-state index contributed by atoms with van der Waals surface area (Å²) in [7, 11) is 0. The first kappa shape index (κ1) is 27.3. The molecule has 0 aliphatic rings. The van der Waals surface area contributed by atoms with E-state index in [0.29, 0.717) is 0 Å². The Morgan fingerprint density at radius 1 is 0.391 bits per heavy atom. The van der Waals surface area contributed by atoms with E-state index < -0.39 is 13.4 Å². The van der Waals surface area contributed by atoms with Crippen LogP contribution in [0.1, 0.15) is 0 Å². The molecule has 0 heterocycles. The maximum Gasteiger partial charge on any atom is 0.319 e. The van der Waals surface area contributed by atoms with Crippen LogP contribution in [0.5, 0.6) is 0 Å². The van der Waals surface area contributed by atoms with E-state index >= 15 is 0 Å². The molecule has 2 rings (SSSR count). The van der Waals surface area contributed by atoms with Crippen LogP contribution in [-0.2, 0) is 23.6 Å². The fourth-order valence-corrected chi connectivity index (χ4v) is 0.770. The number of hydrogen-bond donors (Lipinski definition) is 7. The third-order valence-corrected chi connectivity index (χ3v) is 1.33. The van der Waals surface area contributed by atoms with E-state index in [1.54, 1.807) is 0 Å². The van der Waals surface area contributed by atoms with Gasteiger partial charge in [0, 0.05) is 0 Å². The number of benzene rings is 2. The van der Waals surface area contributed by atoms with Gasteiger partial charge in [-0.2, -0.15) is 0 Å². The molecule has 0 atom stereocenters. The second kappa shape index (κ2) is 16.3. The minimum atomic E-state index is -3.81. The summed E-state index contributed by atoms with van der Waals surface area (Å²) in [5.74, 6) is 0. The first-order valence-corrected chi connectivity index (χ1v) is 10.9. The van der Waals surface area contributed by atoms with E-state index in [4.69, 9.17) is 29.4 Å². The summed E-state index contributed by atoms with van der Waals surface area (Å²) in [4.78, 5) is 45.3. The normalized spacial score (nSPS) is 9.30. The van der Waals surface area contributed by atoms with Gasteiger partial charge in [-0.1, -0.05) is 72.8 Å². The summed E-state index contributed by atoms with van der Waals surface area (Å²) >= 11 is 7.21. The molecule has 0 aliphatic carbocycles. The van der Waals surface area contributed by atoms with Crippen LogP contribution in [0.4, 0.5) is 0 Å². The molecule has 9 N–H and O–H groups in total. The molecule has 0 spiro atoms. The van der Waals surface area contributed by atoms with Crippen LogP contribution in [0.15, 0.2) is 72.8 Å². The summed E-state index contributed by atoms with van der Waals surface area (Å²) < 4.78 is 0. The van der Waals surface area contributed by atoms with Crippen LogP contribution < -0.4 is 6.15 Å². The molecule has 0 saturated heterocycles. The Labute approximate surface area is 145 Å². The highest BCUT2D eigenvalue weighted by Crippen LogP contribution is 2.26. The van der Waals surface area contributed by atoms with Crippen LogP contribution in [0.3, 0.4) is 0 Å². The van der Waals surface area contributed by atoms with Gasteiger partial charge in [0.2, 0.25) is 0 Å². The topological polar surface area (TPSA) is 156 Å². The van der Waals surface area contributed by atoms with Gasteiger partial charge in [0.1, 0.15) is 0 Å². The van der Waals surface area contributed by atoms with Gasteiger partial charge in [0.25, 0.3) is 0 Å². The smallest absolute Gasteiger partial charge is 0.319 e. The highest BCUT2D eigenvalue weighted by molar-refractivity contribution is 8.06. The van der Waals surface area contributed by atoms with Crippen molar-refractivity contribution in [2.24, 2.45) is 0 Å². The predicted molar refractivity (Wildman–Crippen MR) is 99.8 cm³/mol. The lowest BCUT2D eigenvalue weighted by atomic mass is 10.4. The van der Waals surface area contributed by atoms with Crippen molar-refractivity contribution in [3.05, 3.63) is 72.8 Å². The molecule has 0 fully saturated rings. The van der Waals surface area contributed by atoms with Gasteiger partial charge in [-0.3, -0.25) is 0 Å². The summed E-state index contributed by atoms with van der Waals surface area (Å²) in [5.41, 5.74) is 0. The standard InChI is InChI=1S/2C6H6.H3N.2H3O3PS/c2*1-2-4-6-5-3-1;;2*1-4(2,3)5/h2*1-6H;1H3;2*(H3,1,2,3,5). The van der Waals surface area contributed by atoms with Crippen molar-refractivity contribution in [2.75, 3.05) is 0 Å². The zero-order valence-corrected chi connectivity index (χ0v) is 15.5. The molecular weight excluding hydrogens is 380 g/mol. The van der Waals surface area contributed by atoms with Gasteiger partial charge in [0.05, 0.1) is 0 Å². The SMILES string of the molecule is N.OP(O)(O)=S.OP(O)(O)=S.c1ccccc1.c1ccccc1. The quantitative estimate of drug-likeness (QED) is 0.328. The molecule has 23 heavy (non-hydrogen) atoms. The van der Waals surface area contributed by atoms with Crippen molar-refractivity contribution in [3.63, 3.8) is 0 Å². The molecule has 2 aromatic rings. The monoisotopic (exact) mass is 401 g/mol. The fourth-order valence-electron chi connectivity index (χ4n) is 0.770. The molecule has 0 unspecified atom stereocenters. The van der Waals surface area contributed by atoms with Gasteiger partial charge in [0.15, 0.2) is 0 Å². The van der Waals surface area contributed by atoms with Crippen LogP contribution >= 0.6 is 13.4 Å². The molecule has 0 amide bonds. The Bertz CT molecular complexity index is 429. The summed E-state index contributed by atoms with van der Waals surface area (Å²) in [6.07, 6.45) is 0. The van der Waals surface area contributed by atoms with Gasteiger partial charge in [-0.25, -0.2) is 0 Å². The summed E-state index contributed by atoms with van der Waals surface area (Å²) in [6.45, 7) is -7.61. The number of rotatable bonds is 0. The summed E-state index contributed by atoms with van der Waals surface area (Å²) in [6, 6.07) is 24.0. The molecule has 0 aliphatic heterocycles. The summed E-state index contributed by atoms with van der Waals surface area (Å²) in [5, 5.41) is 0. The minimum absolute atomic E-state index is 0. The molecule has 11 heteroatoms. The Kier molecular flexibility index (Phi) is 19.4. The third-order valence-electron chi connectivity index (χ3n) is 1.33. The lowest BCUT2D eigenvalue weighted by Crippen LogP contribution is -1.65. The first-order chi connectivity index (χ1) is 10.0. The molecule has 0 radical (unpaired) electrons. The fraction of sp³-hybridized carbons (Fsp3) is 0.